The molecule has 114 valence electrons. The predicted molar refractivity (Wildman–Crippen MR) is 73.8 cm³/mol. The highest BCUT2D eigenvalue weighted by Gasteiger charge is 2.28. The molecule has 0 aliphatic rings. The first-order chi connectivity index (χ1) is 9.42. The molecule has 0 saturated heterocycles. The van der Waals surface area contributed by atoms with Crippen LogP contribution in [0.5, 0.6) is 0 Å². The molecule has 0 amide bonds. The van der Waals surface area contributed by atoms with Crippen molar-refractivity contribution in [3.05, 3.63) is 35.4 Å². The van der Waals surface area contributed by atoms with Gasteiger partial charge in [-0.25, -0.2) is 0 Å². The Morgan fingerprint density at radius 1 is 1.25 bits per heavy atom. The molecule has 1 rings (SSSR count). The van der Waals surface area contributed by atoms with E-state index in [0.717, 1.165) is 24.1 Å². The van der Waals surface area contributed by atoms with E-state index in [2.05, 4.69) is 5.32 Å². The standard InChI is InChI=1S/C15H22F3NO/c1-3-19-9-13(10-20-11-15(16,17)18)8-14-7-5-4-6-12(14)2/h4-7,13,19H,3,8-11H2,1-2H3. The summed E-state index contributed by atoms with van der Waals surface area (Å²) >= 11 is 0. The summed E-state index contributed by atoms with van der Waals surface area (Å²) < 4.78 is 41.1. The minimum absolute atomic E-state index is 0.0402. The third-order valence-electron chi connectivity index (χ3n) is 3.07. The van der Waals surface area contributed by atoms with E-state index in [1.165, 1.54) is 0 Å². The van der Waals surface area contributed by atoms with Gasteiger partial charge in [0.05, 0.1) is 6.61 Å². The lowest BCUT2D eigenvalue weighted by molar-refractivity contribution is -0.176. The summed E-state index contributed by atoms with van der Waals surface area (Å²) in [5.74, 6) is 0.0402. The van der Waals surface area contributed by atoms with Gasteiger partial charge in [-0.1, -0.05) is 31.2 Å². The first-order valence-corrected chi connectivity index (χ1v) is 6.82. The Morgan fingerprint density at radius 3 is 2.55 bits per heavy atom. The number of nitrogens with one attached hydrogen (secondary N) is 1. The van der Waals surface area contributed by atoms with Crippen LogP contribution in [0, 0.1) is 12.8 Å². The number of hydrogen-bond donors (Lipinski definition) is 1. The monoisotopic (exact) mass is 289 g/mol. The summed E-state index contributed by atoms with van der Waals surface area (Å²) in [6, 6.07) is 7.93. The average molecular weight is 289 g/mol. The van der Waals surface area contributed by atoms with Gasteiger partial charge in [-0.2, -0.15) is 13.2 Å². The molecule has 1 atom stereocenters. The molecule has 20 heavy (non-hydrogen) atoms. The maximum atomic E-state index is 12.1. The highest BCUT2D eigenvalue weighted by Crippen LogP contribution is 2.17. The van der Waals surface area contributed by atoms with E-state index in [0.29, 0.717) is 6.54 Å². The highest BCUT2D eigenvalue weighted by atomic mass is 19.4. The number of rotatable bonds is 8. The molecule has 1 N–H and O–H groups in total. The molecular weight excluding hydrogens is 267 g/mol. The van der Waals surface area contributed by atoms with Crippen molar-refractivity contribution >= 4 is 0 Å². The average Bonchev–Trinajstić information content (AvgIpc) is 2.36. The lowest BCUT2D eigenvalue weighted by atomic mass is 9.96. The Bertz CT molecular complexity index is 393. The Labute approximate surface area is 118 Å². The van der Waals surface area contributed by atoms with Gasteiger partial charge < -0.3 is 10.1 Å². The Balaban J connectivity index is 2.53. The van der Waals surface area contributed by atoms with E-state index >= 15 is 0 Å². The van der Waals surface area contributed by atoms with Crippen LogP contribution in [-0.4, -0.2) is 32.5 Å². The summed E-state index contributed by atoms with van der Waals surface area (Å²) in [5, 5.41) is 3.17. The topological polar surface area (TPSA) is 21.3 Å². The second-order valence-corrected chi connectivity index (χ2v) is 4.93. The van der Waals surface area contributed by atoms with E-state index in [-0.39, 0.29) is 12.5 Å². The molecule has 0 aromatic heterocycles. The molecule has 1 unspecified atom stereocenters. The summed E-state index contributed by atoms with van der Waals surface area (Å²) in [4.78, 5) is 0. The van der Waals surface area contributed by atoms with Gasteiger partial charge in [-0.05, 0) is 36.9 Å². The van der Waals surface area contributed by atoms with Gasteiger partial charge in [-0.3, -0.25) is 0 Å². The van der Waals surface area contributed by atoms with Crippen LogP contribution in [0.1, 0.15) is 18.1 Å². The lowest BCUT2D eigenvalue weighted by Crippen LogP contribution is -2.29. The second kappa shape index (κ2) is 8.27. The fraction of sp³-hybridized carbons (Fsp3) is 0.600. The normalized spacial score (nSPS) is 13.4. The van der Waals surface area contributed by atoms with Gasteiger partial charge in [0.15, 0.2) is 0 Å². The van der Waals surface area contributed by atoms with Gasteiger partial charge in [0, 0.05) is 6.54 Å². The minimum Gasteiger partial charge on any atom is -0.372 e. The first kappa shape index (κ1) is 17.0. The maximum absolute atomic E-state index is 12.1. The number of aryl methyl sites for hydroxylation is 1. The minimum atomic E-state index is -4.26. The number of ether oxygens (including phenoxy) is 1. The third-order valence-corrected chi connectivity index (χ3v) is 3.07. The summed E-state index contributed by atoms with van der Waals surface area (Å²) in [5.41, 5.74) is 2.32. The van der Waals surface area contributed by atoms with Crippen LogP contribution in [0.2, 0.25) is 0 Å². The first-order valence-electron chi connectivity index (χ1n) is 6.82. The zero-order valence-electron chi connectivity index (χ0n) is 12.0. The number of hydrogen-bond acceptors (Lipinski definition) is 2. The molecule has 0 aliphatic heterocycles. The maximum Gasteiger partial charge on any atom is 0.411 e. The Kier molecular flexibility index (Phi) is 7.02. The molecule has 0 fully saturated rings. The highest BCUT2D eigenvalue weighted by molar-refractivity contribution is 5.25. The fourth-order valence-corrected chi connectivity index (χ4v) is 2.03. The molecule has 5 heteroatoms. The largest absolute Gasteiger partial charge is 0.411 e. The zero-order valence-corrected chi connectivity index (χ0v) is 12.0. The molecule has 1 aromatic carbocycles. The van der Waals surface area contributed by atoms with Gasteiger partial charge in [-0.15, -0.1) is 0 Å². The smallest absolute Gasteiger partial charge is 0.372 e. The van der Waals surface area contributed by atoms with E-state index in [9.17, 15) is 13.2 Å². The van der Waals surface area contributed by atoms with Crippen molar-refractivity contribution in [1.82, 2.24) is 5.32 Å². The van der Waals surface area contributed by atoms with Crippen LogP contribution in [0.25, 0.3) is 0 Å². The summed E-state index contributed by atoms with van der Waals surface area (Å²) in [6.45, 7) is 4.37. The van der Waals surface area contributed by atoms with Gasteiger partial charge in [0.25, 0.3) is 0 Å². The predicted octanol–water partition coefficient (Wildman–Crippen LogP) is 3.34. The fourth-order valence-electron chi connectivity index (χ4n) is 2.03. The molecule has 0 aliphatic carbocycles. The van der Waals surface area contributed by atoms with Crippen molar-refractivity contribution < 1.29 is 17.9 Å². The molecule has 0 radical (unpaired) electrons. The Morgan fingerprint density at radius 2 is 1.95 bits per heavy atom. The van der Waals surface area contributed by atoms with Crippen molar-refractivity contribution in [2.24, 2.45) is 5.92 Å². The number of halogens is 3. The molecule has 0 saturated carbocycles. The lowest BCUT2D eigenvalue weighted by Gasteiger charge is -2.19. The van der Waals surface area contributed by atoms with Crippen LogP contribution in [0.3, 0.4) is 0 Å². The van der Waals surface area contributed by atoms with E-state index in [1.54, 1.807) is 0 Å². The summed E-state index contributed by atoms with van der Waals surface area (Å²) in [6.07, 6.45) is -3.54. The van der Waals surface area contributed by atoms with E-state index < -0.39 is 12.8 Å². The molecule has 1 aromatic rings. The van der Waals surface area contributed by atoms with Crippen LogP contribution in [-0.2, 0) is 11.2 Å². The van der Waals surface area contributed by atoms with Crippen molar-refractivity contribution in [3.63, 3.8) is 0 Å². The van der Waals surface area contributed by atoms with Crippen LogP contribution >= 0.6 is 0 Å². The molecular formula is C15H22F3NO. The van der Waals surface area contributed by atoms with Gasteiger partial charge >= 0.3 is 6.18 Å². The zero-order chi connectivity index (χ0) is 15.0. The van der Waals surface area contributed by atoms with Crippen molar-refractivity contribution in [2.75, 3.05) is 26.3 Å². The molecule has 0 spiro atoms. The second-order valence-electron chi connectivity index (χ2n) is 4.93. The SMILES string of the molecule is CCNCC(COCC(F)(F)F)Cc1ccccc1C. The van der Waals surface area contributed by atoms with Crippen LogP contribution < -0.4 is 5.32 Å². The number of alkyl halides is 3. The van der Waals surface area contributed by atoms with Gasteiger partial charge in [0.2, 0.25) is 0 Å². The molecule has 0 heterocycles. The number of benzene rings is 1. The van der Waals surface area contributed by atoms with Crippen molar-refractivity contribution in [2.45, 2.75) is 26.4 Å². The van der Waals surface area contributed by atoms with Crippen molar-refractivity contribution in [1.29, 1.82) is 0 Å². The Hall–Kier alpha value is -1.07. The molecule has 2 nitrogen and oxygen atoms in total. The van der Waals surface area contributed by atoms with Gasteiger partial charge in [0.1, 0.15) is 6.61 Å². The van der Waals surface area contributed by atoms with Crippen LogP contribution in [0.15, 0.2) is 24.3 Å². The molecule has 0 bridgehead atoms. The van der Waals surface area contributed by atoms with Crippen molar-refractivity contribution in [3.8, 4) is 0 Å². The summed E-state index contributed by atoms with van der Waals surface area (Å²) in [7, 11) is 0. The third kappa shape index (κ3) is 6.91. The van der Waals surface area contributed by atoms with E-state index in [4.69, 9.17) is 4.74 Å². The van der Waals surface area contributed by atoms with E-state index in [1.807, 2.05) is 38.1 Å². The quantitative estimate of drug-likeness (QED) is 0.792. The van der Waals surface area contributed by atoms with Crippen LogP contribution in [0.4, 0.5) is 13.2 Å².